The first-order valence-electron chi connectivity index (χ1n) is 8.13. The number of amides is 2. The van der Waals surface area contributed by atoms with Crippen molar-refractivity contribution in [3.8, 4) is 5.69 Å². The van der Waals surface area contributed by atoms with E-state index in [2.05, 4.69) is 20.8 Å². The lowest BCUT2D eigenvalue weighted by Crippen LogP contribution is -2.38. The molecule has 1 aromatic carbocycles. The molecule has 2 heterocycles. The molecule has 3 aromatic rings. The standard InChI is InChI=1S/C17H18N6O3S/c1-22(11-15(24)18-10-14-8-5-9-26-14)16(25)12-27-17-19-20-21-23(17)13-6-3-2-4-7-13/h2-9H,10-12H2,1H3,(H,18,24). The number of para-hydroxylation sites is 1. The molecule has 0 fully saturated rings. The average molecular weight is 386 g/mol. The van der Waals surface area contributed by atoms with Crippen molar-refractivity contribution < 1.29 is 14.0 Å². The highest BCUT2D eigenvalue weighted by molar-refractivity contribution is 7.99. The number of carbonyl (C=O) groups is 2. The molecule has 0 bridgehead atoms. The Morgan fingerprint density at radius 2 is 2.04 bits per heavy atom. The Morgan fingerprint density at radius 1 is 1.22 bits per heavy atom. The number of benzene rings is 1. The van der Waals surface area contributed by atoms with Crippen LogP contribution in [0.4, 0.5) is 0 Å². The quantitative estimate of drug-likeness (QED) is 0.578. The molecule has 9 nitrogen and oxygen atoms in total. The van der Waals surface area contributed by atoms with Crippen LogP contribution in [0.5, 0.6) is 0 Å². The molecule has 0 aliphatic heterocycles. The lowest BCUT2D eigenvalue weighted by Gasteiger charge is -2.16. The molecule has 0 saturated heterocycles. The highest BCUT2D eigenvalue weighted by Gasteiger charge is 2.16. The van der Waals surface area contributed by atoms with E-state index in [1.54, 1.807) is 23.9 Å². The van der Waals surface area contributed by atoms with Crippen LogP contribution in [0.25, 0.3) is 5.69 Å². The summed E-state index contributed by atoms with van der Waals surface area (Å²) in [4.78, 5) is 25.6. The fourth-order valence-electron chi connectivity index (χ4n) is 2.19. The van der Waals surface area contributed by atoms with Gasteiger partial charge in [0.1, 0.15) is 5.76 Å². The minimum absolute atomic E-state index is 0.0380. The van der Waals surface area contributed by atoms with Gasteiger partial charge in [-0.15, -0.1) is 5.10 Å². The predicted octanol–water partition coefficient (Wildman–Crippen LogP) is 1.12. The molecule has 140 valence electrons. The molecule has 0 atom stereocenters. The van der Waals surface area contributed by atoms with Gasteiger partial charge in [-0.3, -0.25) is 9.59 Å². The Bertz CT molecular complexity index is 881. The maximum Gasteiger partial charge on any atom is 0.239 e. The van der Waals surface area contributed by atoms with Crippen molar-refractivity contribution in [2.24, 2.45) is 0 Å². The highest BCUT2D eigenvalue weighted by Crippen LogP contribution is 2.18. The third-order valence-electron chi connectivity index (χ3n) is 3.61. The van der Waals surface area contributed by atoms with Crippen LogP contribution >= 0.6 is 11.8 Å². The number of nitrogens with zero attached hydrogens (tertiary/aromatic N) is 5. The molecule has 0 saturated carbocycles. The van der Waals surface area contributed by atoms with Crippen molar-refractivity contribution in [3.05, 3.63) is 54.5 Å². The van der Waals surface area contributed by atoms with Crippen molar-refractivity contribution in [1.29, 1.82) is 0 Å². The van der Waals surface area contributed by atoms with Crippen LogP contribution in [-0.4, -0.2) is 56.3 Å². The van der Waals surface area contributed by atoms with Gasteiger partial charge in [-0.25, -0.2) is 0 Å². The van der Waals surface area contributed by atoms with E-state index in [9.17, 15) is 9.59 Å². The Hall–Kier alpha value is -3.14. The predicted molar refractivity (Wildman–Crippen MR) is 98.1 cm³/mol. The average Bonchev–Trinajstić information content (AvgIpc) is 3.36. The van der Waals surface area contributed by atoms with Crippen LogP contribution in [0.1, 0.15) is 5.76 Å². The van der Waals surface area contributed by atoms with Crippen LogP contribution in [0.15, 0.2) is 58.3 Å². The van der Waals surface area contributed by atoms with Gasteiger partial charge in [0, 0.05) is 7.05 Å². The fourth-order valence-corrected chi connectivity index (χ4v) is 3.03. The van der Waals surface area contributed by atoms with Crippen molar-refractivity contribution in [2.45, 2.75) is 11.7 Å². The summed E-state index contributed by atoms with van der Waals surface area (Å²) in [6, 6.07) is 12.9. The first kappa shape index (κ1) is 18.6. The number of likely N-dealkylation sites (N-methyl/N-ethyl adjacent to an activating group) is 1. The summed E-state index contributed by atoms with van der Waals surface area (Å²) in [5.41, 5.74) is 0.808. The molecule has 3 rings (SSSR count). The molecule has 2 aromatic heterocycles. The minimum atomic E-state index is -0.263. The van der Waals surface area contributed by atoms with Gasteiger partial charge < -0.3 is 14.6 Å². The zero-order chi connectivity index (χ0) is 19.1. The number of hydrogen-bond acceptors (Lipinski definition) is 7. The third-order valence-corrected chi connectivity index (χ3v) is 4.52. The second kappa shape index (κ2) is 8.99. The molecule has 0 radical (unpaired) electrons. The van der Waals surface area contributed by atoms with Crippen LogP contribution in [0.3, 0.4) is 0 Å². The van der Waals surface area contributed by atoms with Gasteiger partial charge in [0.25, 0.3) is 0 Å². The molecule has 0 aliphatic carbocycles. The zero-order valence-electron chi connectivity index (χ0n) is 14.6. The first-order valence-corrected chi connectivity index (χ1v) is 9.11. The Kier molecular flexibility index (Phi) is 6.21. The van der Waals surface area contributed by atoms with E-state index in [0.717, 1.165) is 5.69 Å². The molecular weight excluding hydrogens is 368 g/mol. The van der Waals surface area contributed by atoms with Crippen molar-refractivity contribution in [2.75, 3.05) is 19.3 Å². The summed E-state index contributed by atoms with van der Waals surface area (Å²) in [6.07, 6.45) is 1.54. The van der Waals surface area contributed by atoms with E-state index < -0.39 is 0 Å². The summed E-state index contributed by atoms with van der Waals surface area (Å²) in [5, 5.41) is 14.8. The smallest absolute Gasteiger partial charge is 0.239 e. The monoisotopic (exact) mass is 386 g/mol. The lowest BCUT2D eigenvalue weighted by atomic mass is 10.3. The van der Waals surface area contributed by atoms with Gasteiger partial charge in [0.2, 0.25) is 17.0 Å². The van der Waals surface area contributed by atoms with Gasteiger partial charge in [0.15, 0.2) is 0 Å². The Labute approximate surface area is 159 Å². The van der Waals surface area contributed by atoms with Gasteiger partial charge in [-0.1, -0.05) is 30.0 Å². The van der Waals surface area contributed by atoms with E-state index >= 15 is 0 Å². The first-order chi connectivity index (χ1) is 13.1. The largest absolute Gasteiger partial charge is 0.467 e. The maximum atomic E-state index is 12.3. The number of aromatic nitrogens is 4. The molecule has 2 amide bonds. The number of tetrazole rings is 1. The number of rotatable bonds is 8. The maximum absolute atomic E-state index is 12.3. The SMILES string of the molecule is CN(CC(=O)NCc1ccco1)C(=O)CSc1nnnn1-c1ccccc1. The van der Waals surface area contributed by atoms with E-state index in [0.29, 0.717) is 10.9 Å². The highest BCUT2D eigenvalue weighted by atomic mass is 32.2. The van der Waals surface area contributed by atoms with E-state index in [1.807, 2.05) is 30.3 Å². The lowest BCUT2D eigenvalue weighted by molar-refractivity contribution is -0.132. The summed E-state index contributed by atoms with van der Waals surface area (Å²) in [7, 11) is 1.58. The minimum Gasteiger partial charge on any atom is -0.467 e. The third kappa shape index (κ3) is 5.17. The Balaban J connectivity index is 1.48. The van der Waals surface area contributed by atoms with Crippen LogP contribution in [-0.2, 0) is 16.1 Å². The van der Waals surface area contributed by atoms with Gasteiger partial charge >= 0.3 is 0 Å². The van der Waals surface area contributed by atoms with E-state index in [-0.39, 0.29) is 30.7 Å². The van der Waals surface area contributed by atoms with Gasteiger partial charge in [0.05, 0.1) is 30.8 Å². The number of hydrogen-bond donors (Lipinski definition) is 1. The molecule has 0 spiro atoms. The summed E-state index contributed by atoms with van der Waals surface area (Å²) in [6.45, 7) is 0.248. The molecule has 10 heteroatoms. The molecule has 27 heavy (non-hydrogen) atoms. The number of furan rings is 1. The van der Waals surface area contributed by atoms with Crippen molar-refractivity contribution >= 4 is 23.6 Å². The number of carbonyl (C=O) groups excluding carboxylic acids is 2. The summed E-state index contributed by atoms with van der Waals surface area (Å²) < 4.78 is 6.71. The molecule has 0 aliphatic rings. The van der Waals surface area contributed by atoms with E-state index in [4.69, 9.17) is 4.42 Å². The van der Waals surface area contributed by atoms with E-state index in [1.165, 1.54) is 22.9 Å². The number of nitrogens with one attached hydrogen (secondary N) is 1. The number of thioether (sulfide) groups is 1. The second-order valence-corrected chi connectivity index (χ2v) is 6.55. The van der Waals surface area contributed by atoms with Crippen LogP contribution in [0, 0.1) is 0 Å². The van der Waals surface area contributed by atoms with Gasteiger partial charge in [-0.05, 0) is 34.7 Å². The van der Waals surface area contributed by atoms with Crippen LogP contribution in [0.2, 0.25) is 0 Å². The topological polar surface area (TPSA) is 106 Å². The molecule has 0 unspecified atom stereocenters. The van der Waals surface area contributed by atoms with Crippen molar-refractivity contribution in [1.82, 2.24) is 30.4 Å². The van der Waals surface area contributed by atoms with Gasteiger partial charge in [-0.2, -0.15) is 4.68 Å². The van der Waals surface area contributed by atoms with Crippen LogP contribution < -0.4 is 5.32 Å². The second-order valence-electron chi connectivity index (χ2n) is 5.60. The molecular formula is C17H18N6O3S. The normalized spacial score (nSPS) is 10.6. The Morgan fingerprint density at radius 3 is 2.78 bits per heavy atom. The van der Waals surface area contributed by atoms with Crippen molar-refractivity contribution in [3.63, 3.8) is 0 Å². The zero-order valence-corrected chi connectivity index (χ0v) is 15.4. The fraction of sp³-hybridized carbons (Fsp3) is 0.235. The summed E-state index contributed by atoms with van der Waals surface area (Å²) >= 11 is 1.21. The molecule has 1 N–H and O–H groups in total. The summed E-state index contributed by atoms with van der Waals surface area (Å²) in [5.74, 6) is 0.313.